The van der Waals surface area contributed by atoms with Crippen LogP contribution in [0.4, 0.5) is 4.39 Å². The molecule has 134 valence electrons. The Morgan fingerprint density at radius 3 is 2.56 bits per heavy atom. The Bertz CT molecular complexity index is 688. The zero-order chi connectivity index (χ0) is 17.9. The first-order chi connectivity index (χ1) is 12.2. The second-order valence-corrected chi connectivity index (χ2v) is 6.30. The minimum atomic E-state index is -0.186. The first kappa shape index (κ1) is 18.9. The minimum Gasteiger partial charge on any atom is -0.356 e. The highest BCUT2D eigenvalue weighted by Gasteiger charge is 2.05. The van der Waals surface area contributed by atoms with Crippen molar-refractivity contribution in [2.75, 3.05) is 26.7 Å². The normalized spacial score (nSPS) is 11.2. The molecule has 0 spiro atoms. The molecule has 0 saturated heterocycles. The fourth-order valence-corrected chi connectivity index (χ4v) is 2.87. The van der Waals surface area contributed by atoms with Gasteiger partial charge in [0.15, 0.2) is 5.96 Å². The minimum absolute atomic E-state index is 0.0394. The van der Waals surface area contributed by atoms with Gasteiger partial charge in [-0.25, -0.2) is 4.39 Å². The summed E-state index contributed by atoms with van der Waals surface area (Å²) in [5.41, 5.74) is 0.682. The van der Waals surface area contributed by atoms with Crippen molar-refractivity contribution in [1.29, 1.82) is 0 Å². The molecule has 0 unspecified atom stereocenters. The lowest BCUT2D eigenvalue weighted by molar-refractivity contribution is 0.0957. The number of benzene rings is 1. The second-order valence-electron chi connectivity index (χ2n) is 5.35. The third-order valence-electron chi connectivity index (χ3n) is 3.54. The maximum Gasteiger partial charge on any atom is 0.261 e. The quantitative estimate of drug-likeness (QED) is 0.384. The first-order valence-electron chi connectivity index (χ1n) is 8.20. The molecule has 0 radical (unpaired) electrons. The summed E-state index contributed by atoms with van der Waals surface area (Å²) in [5, 5.41) is 11.1. The Morgan fingerprint density at radius 1 is 1.08 bits per heavy atom. The fourth-order valence-electron chi connectivity index (χ4n) is 2.23. The predicted molar refractivity (Wildman–Crippen MR) is 101 cm³/mol. The van der Waals surface area contributed by atoms with Gasteiger partial charge in [-0.3, -0.25) is 9.79 Å². The lowest BCUT2D eigenvalue weighted by atomic mass is 10.1. The highest BCUT2D eigenvalue weighted by atomic mass is 32.1. The second kappa shape index (κ2) is 10.5. The Balaban J connectivity index is 1.59. The molecule has 2 aromatic rings. The van der Waals surface area contributed by atoms with Crippen molar-refractivity contribution in [3.63, 3.8) is 0 Å². The largest absolute Gasteiger partial charge is 0.356 e. The summed E-state index contributed by atoms with van der Waals surface area (Å²) < 4.78 is 13.5. The lowest BCUT2D eigenvalue weighted by Gasteiger charge is -2.12. The van der Waals surface area contributed by atoms with Crippen LogP contribution in [0.3, 0.4) is 0 Å². The van der Waals surface area contributed by atoms with Gasteiger partial charge in [-0.15, -0.1) is 11.3 Å². The van der Waals surface area contributed by atoms with E-state index in [9.17, 15) is 9.18 Å². The van der Waals surface area contributed by atoms with Crippen LogP contribution in [-0.2, 0) is 6.42 Å². The van der Waals surface area contributed by atoms with Gasteiger partial charge in [0.25, 0.3) is 5.91 Å². The number of rotatable bonds is 8. The number of halogens is 1. The molecule has 0 aliphatic rings. The van der Waals surface area contributed by atoms with Crippen LogP contribution in [-0.4, -0.2) is 38.5 Å². The number of carbonyl (C=O) groups excluding carboxylic acids is 1. The van der Waals surface area contributed by atoms with Gasteiger partial charge in [0.05, 0.1) is 4.88 Å². The summed E-state index contributed by atoms with van der Waals surface area (Å²) in [5.74, 6) is 0.442. The predicted octanol–water partition coefficient (Wildman–Crippen LogP) is 2.41. The summed E-state index contributed by atoms with van der Waals surface area (Å²) in [6.07, 6.45) is 1.37. The van der Waals surface area contributed by atoms with Gasteiger partial charge in [0, 0.05) is 26.7 Å². The topological polar surface area (TPSA) is 65.5 Å². The summed E-state index contributed by atoms with van der Waals surface area (Å²) in [6, 6.07) is 10.4. The van der Waals surface area contributed by atoms with E-state index in [1.54, 1.807) is 25.2 Å². The average molecular weight is 362 g/mol. The van der Waals surface area contributed by atoms with Crippen LogP contribution >= 0.6 is 11.3 Å². The highest BCUT2D eigenvalue weighted by Crippen LogP contribution is 2.07. The van der Waals surface area contributed by atoms with Crippen molar-refractivity contribution in [2.24, 2.45) is 4.99 Å². The number of aliphatic imine (C=N–C) groups is 1. The monoisotopic (exact) mass is 362 g/mol. The Labute approximate surface area is 151 Å². The highest BCUT2D eigenvalue weighted by molar-refractivity contribution is 7.12. The molecule has 7 heteroatoms. The number of hydrogen-bond acceptors (Lipinski definition) is 3. The Kier molecular flexibility index (Phi) is 7.91. The van der Waals surface area contributed by atoms with E-state index in [-0.39, 0.29) is 11.7 Å². The van der Waals surface area contributed by atoms with Gasteiger partial charge in [-0.2, -0.15) is 0 Å². The van der Waals surface area contributed by atoms with Crippen LogP contribution in [0, 0.1) is 5.82 Å². The zero-order valence-electron chi connectivity index (χ0n) is 14.2. The molecule has 0 atom stereocenters. The summed E-state index contributed by atoms with van der Waals surface area (Å²) in [7, 11) is 1.69. The van der Waals surface area contributed by atoms with E-state index in [0.29, 0.717) is 37.6 Å². The number of guanidine groups is 1. The van der Waals surface area contributed by atoms with Crippen LogP contribution in [0.1, 0.15) is 21.7 Å². The van der Waals surface area contributed by atoms with E-state index < -0.39 is 0 Å². The average Bonchev–Trinajstić information content (AvgIpc) is 3.16. The maximum absolute atomic E-state index is 13.5. The van der Waals surface area contributed by atoms with Crippen LogP contribution in [0.25, 0.3) is 0 Å². The van der Waals surface area contributed by atoms with Crippen molar-refractivity contribution in [1.82, 2.24) is 16.0 Å². The van der Waals surface area contributed by atoms with Crippen molar-refractivity contribution in [2.45, 2.75) is 12.8 Å². The molecular weight excluding hydrogens is 339 g/mol. The Morgan fingerprint density at radius 2 is 1.84 bits per heavy atom. The fraction of sp³-hybridized carbons (Fsp3) is 0.333. The molecule has 1 aromatic carbocycles. The number of carbonyl (C=O) groups is 1. The number of thiophene rings is 1. The van der Waals surface area contributed by atoms with Crippen LogP contribution in [0.2, 0.25) is 0 Å². The number of nitrogens with zero attached hydrogens (tertiary/aromatic N) is 1. The lowest BCUT2D eigenvalue weighted by Crippen LogP contribution is -2.39. The molecule has 5 nitrogen and oxygen atoms in total. The molecule has 25 heavy (non-hydrogen) atoms. The molecule has 0 saturated carbocycles. The number of nitrogens with one attached hydrogen (secondary N) is 3. The smallest absolute Gasteiger partial charge is 0.261 e. The molecule has 0 aliphatic carbocycles. The molecule has 1 aromatic heterocycles. The first-order valence-corrected chi connectivity index (χ1v) is 9.08. The molecule has 1 amide bonds. The van der Waals surface area contributed by atoms with Gasteiger partial charge >= 0.3 is 0 Å². The summed E-state index contributed by atoms with van der Waals surface area (Å²) in [6.45, 7) is 1.87. The van der Waals surface area contributed by atoms with Crippen LogP contribution in [0.15, 0.2) is 46.8 Å². The summed E-state index contributed by atoms with van der Waals surface area (Å²) in [4.78, 5) is 16.6. The Hall–Kier alpha value is -2.41. The van der Waals surface area contributed by atoms with E-state index in [4.69, 9.17) is 0 Å². The van der Waals surface area contributed by atoms with Gasteiger partial charge in [0.1, 0.15) is 5.82 Å². The third kappa shape index (κ3) is 6.54. The summed E-state index contributed by atoms with van der Waals surface area (Å²) >= 11 is 1.43. The molecule has 0 bridgehead atoms. The standard InChI is InChI=1S/C18H23FN4OS/c1-20-18(23-12-9-14-6-2-3-7-15(14)19)22-11-5-10-21-17(24)16-8-4-13-25-16/h2-4,6-8,13H,5,9-12H2,1H3,(H,21,24)(H2,20,22,23). The van der Waals surface area contributed by atoms with Crippen molar-refractivity contribution in [3.05, 3.63) is 58.0 Å². The molecule has 0 fully saturated rings. The van der Waals surface area contributed by atoms with E-state index in [1.165, 1.54) is 17.4 Å². The number of hydrogen-bond donors (Lipinski definition) is 3. The number of amides is 1. The van der Waals surface area contributed by atoms with E-state index >= 15 is 0 Å². The molecule has 1 heterocycles. The third-order valence-corrected chi connectivity index (χ3v) is 4.41. The van der Waals surface area contributed by atoms with E-state index in [1.807, 2.05) is 17.5 Å². The van der Waals surface area contributed by atoms with Crippen LogP contribution < -0.4 is 16.0 Å². The van der Waals surface area contributed by atoms with Crippen molar-refractivity contribution in [3.8, 4) is 0 Å². The van der Waals surface area contributed by atoms with Crippen molar-refractivity contribution >= 4 is 23.2 Å². The van der Waals surface area contributed by atoms with E-state index in [0.717, 1.165) is 11.3 Å². The molecule has 0 aliphatic heterocycles. The maximum atomic E-state index is 13.5. The van der Waals surface area contributed by atoms with Gasteiger partial charge in [-0.1, -0.05) is 24.3 Å². The van der Waals surface area contributed by atoms with Gasteiger partial charge in [0.2, 0.25) is 0 Å². The van der Waals surface area contributed by atoms with Gasteiger partial charge in [-0.05, 0) is 35.9 Å². The van der Waals surface area contributed by atoms with Gasteiger partial charge < -0.3 is 16.0 Å². The van der Waals surface area contributed by atoms with Crippen molar-refractivity contribution < 1.29 is 9.18 Å². The SMILES string of the molecule is CN=C(NCCCNC(=O)c1cccs1)NCCc1ccccc1F. The molecule has 2 rings (SSSR count). The molecular formula is C18H23FN4OS. The zero-order valence-corrected chi connectivity index (χ0v) is 15.0. The van der Waals surface area contributed by atoms with E-state index in [2.05, 4.69) is 20.9 Å². The van der Waals surface area contributed by atoms with Crippen LogP contribution in [0.5, 0.6) is 0 Å². The molecule has 3 N–H and O–H groups in total.